The summed E-state index contributed by atoms with van der Waals surface area (Å²) in [7, 11) is 0. The van der Waals surface area contributed by atoms with Crippen LogP contribution >= 0.6 is 23.1 Å². The second-order valence-corrected chi connectivity index (χ2v) is 7.65. The van der Waals surface area contributed by atoms with Crippen LogP contribution in [0.15, 0.2) is 40.4 Å². The van der Waals surface area contributed by atoms with Crippen LogP contribution in [0.5, 0.6) is 0 Å². The van der Waals surface area contributed by atoms with Crippen molar-refractivity contribution in [2.24, 2.45) is 15.9 Å². The average molecular weight is 390 g/mol. The number of benzene rings is 1. The summed E-state index contributed by atoms with van der Waals surface area (Å²) >= 11 is 3.02. The fourth-order valence-corrected chi connectivity index (χ4v) is 4.19. The molecule has 1 aromatic heterocycles. The largest absolute Gasteiger partial charge is 0.390 e. The van der Waals surface area contributed by atoms with Gasteiger partial charge in [0.25, 0.3) is 5.91 Å². The first-order valence-corrected chi connectivity index (χ1v) is 9.87. The highest BCUT2D eigenvalue weighted by atomic mass is 32.2. The first-order chi connectivity index (χ1) is 12.7. The van der Waals surface area contributed by atoms with E-state index in [0.717, 1.165) is 10.6 Å². The molecule has 26 heavy (non-hydrogen) atoms. The number of hydrogen-bond donors (Lipinski definition) is 3. The number of nitrogens with two attached hydrogens (primary N) is 1. The van der Waals surface area contributed by atoms with Gasteiger partial charge >= 0.3 is 0 Å². The quantitative estimate of drug-likeness (QED) is 0.378. The van der Waals surface area contributed by atoms with E-state index in [4.69, 9.17) is 5.84 Å². The van der Waals surface area contributed by atoms with Crippen LogP contribution in [-0.4, -0.2) is 56.8 Å². The molecule has 0 aliphatic carbocycles. The minimum atomic E-state index is -0.504. The summed E-state index contributed by atoms with van der Waals surface area (Å²) < 4.78 is 0. The lowest BCUT2D eigenvalue weighted by Gasteiger charge is -2.07. The second-order valence-electron chi connectivity index (χ2n) is 5.51. The van der Waals surface area contributed by atoms with E-state index < -0.39 is 12.0 Å². The first-order valence-electron chi connectivity index (χ1n) is 7.90. The summed E-state index contributed by atoms with van der Waals surface area (Å²) in [6.07, 6.45) is 0.807. The average Bonchev–Trinajstić information content (AvgIpc) is 3.30. The maximum Gasteiger partial charge on any atom is 0.273 e. The number of hydrazone groups is 1. The molecule has 1 saturated heterocycles. The van der Waals surface area contributed by atoms with Gasteiger partial charge in [0.1, 0.15) is 10.0 Å². The van der Waals surface area contributed by atoms with E-state index in [1.54, 1.807) is 11.8 Å². The lowest BCUT2D eigenvalue weighted by molar-refractivity contribution is -0.114. The summed E-state index contributed by atoms with van der Waals surface area (Å²) in [6.45, 7) is 0.220. The van der Waals surface area contributed by atoms with Gasteiger partial charge < -0.3 is 16.3 Å². The Morgan fingerprint density at radius 2 is 2.15 bits per heavy atom. The molecule has 1 aliphatic heterocycles. The van der Waals surface area contributed by atoms with Gasteiger partial charge in [-0.3, -0.25) is 9.79 Å². The van der Waals surface area contributed by atoms with Crippen molar-refractivity contribution in [1.29, 1.82) is 0 Å². The number of hydrogen-bond acceptors (Lipinski definition) is 9. The third kappa shape index (κ3) is 4.65. The van der Waals surface area contributed by atoms with Crippen LogP contribution < -0.4 is 11.2 Å². The van der Waals surface area contributed by atoms with Crippen molar-refractivity contribution >= 4 is 40.9 Å². The van der Waals surface area contributed by atoms with Crippen LogP contribution in [0.4, 0.5) is 0 Å². The topological polar surface area (TPSA) is 126 Å². The number of carbonyl (C=O) groups excluding carboxylic acids is 1. The van der Waals surface area contributed by atoms with Gasteiger partial charge in [-0.1, -0.05) is 41.7 Å². The number of nitrogens with one attached hydrogen (secondary N) is 1. The van der Waals surface area contributed by atoms with Crippen LogP contribution in [-0.2, 0) is 11.3 Å². The van der Waals surface area contributed by atoms with Gasteiger partial charge in [-0.15, -0.1) is 10.2 Å². The summed E-state index contributed by atoms with van der Waals surface area (Å²) in [4.78, 5) is 16.4. The van der Waals surface area contributed by atoms with Gasteiger partial charge in [0.15, 0.2) is 5.71 Å². The van der Waals surface area contributed by atoms with Gasteiger partial charge in [-0.25, -0.2) is 0 Å². The van der Waals surface area contributed by atoms with Crippen LogP contribution in [0.1, 0.15) is 5.01 Å². The van der Waals surface area contributed by atoms with Crippen LogP contribution in [0.2, 0.25) is 0 Å². The Hall–Kier alpha value is -2.30. The fraction of sp³-hybridized carbons (Fsp3) is 0.312. The first kappa shape index (κ1) is 18.5. The Morgan fingerprint density at radius 3 is 2.85 bits per heavy atom. The summed E-state index contributed by atoms with van der Waals surface area (Å²) in [5, 5.41) is 25.6. The van der Waals surface area contributed by atoms with E-state index in [0.29, 0.717) is 16.5 Å². The zero-order valence-corrected chi connectivity index (χ0v) is 15.4. The number of aromatic nitrogens is 2. The Bertz CT molecular complexity index is 808. The van der Waals surface area contributed by atoms with Crippen LogP contribution in [0.25, 0.3) is 10.6 Å². The van der Waals surface area contributed by atoms with E-state index in [2.05, 4.69) is 25.6 Å². The number of thioether (sulfide) groups is 1. The van der Waals surface area contributed by atoms with Crippen molar-refractivity contribution in [3.8, 4) is 10.6 Å². The normalized spacial score (nSPS) is 20.6. The van der Waals surface area contributed by atoms with Crippen LogP contribution in [0, 0.1) is 0 Å². The molecule has 136 valence electrons. The number of carbonyl (C=O) groups is 1. The Kier molecular flexibility index (Phi) is 6.31. The van der Waals surface area contributed by atoms with Gasteiger partial charge in [-0.2, -0.15) is 16.9 Å². The highest BCUT2D eigenvalue weighted by molar-refractivity contribution is 7.99. The number of aliphatic hydroxyl groups excluding tert-OH is 1. The molecule has 2 aromatic rings. The third-order valence-electron chi connectivity index (χ3n) is 3.67. The van der Waals surface area contributed by atoms with E-state index in [1.807, 2.05) is 30.3 Å². The molecule has 4 N–H and O–H groups in total. The minimum absolute atomic E-state index is 0.00176. The van der Waals surface area contributed by atoms with Crippen molar-refractivity contribution in [2.75, 3.05) is 11.5 Å². The third-order valence-corrected chi connectivity index (χ3v) is 5.80. The lowest BCUT2D eigenvalue weighted by Crippen LogP contribution is -2.33. The summed E-state index contributed by atoms with van der Waals surface area (Å²) in [5.74, 6) is 6.19. The standard InChI is InChI=1S/C16H18N6O2S2/c17-20-11(6-18-12-8-25-9-13(12)23)15(24)19-7-14-21-22-16(26-14)10-4-2-1-3-5-10/h1-6,12-13,23H,7-9,17H2,(H,19,24)/b18-6?,20-11+. The van der Waals surface area contributed by atoms with E-state index in [9.17, 15) is 9.90 Å². The molecule has 2 atom stereocenters. The molecule has 2 unspecified atom stereocenters. The Labute approximate surface area is 158 Å². The smallest absolute Gasteiger partial charge is 0.273 e. The van der Waals surface area contributed by atoms with Gasteiger partial charge in [-0.05, 0) is 0 Å². The van der Waals surface area contributed by atoms with Crippen molar-refractivity contribution in [3.05, 3.63) is 35.3 Å². The number of aliphatic imine (C=N–C) groups is 1. The summed E-state index contributed by atoms with van der Waals surface area (Å²) in [6, 6.07) is 9.47. The minimum Gasteiger partial charge on any atom is -0.390 e. The molecule has 8 nitrogen and oxygen atoms in total. The van der Waals surface area contributed by atoms with Crippen molar-refractivity contribution in [1.82, 2.24) is 15.5 Å². The fourth-order valence-electron chi connectivity index (χ4n) is 2.26. The highest BCUT2D eigenvalue weighted by Gasteiger charge is 2.25. The maximum atomic E-state index is 12.2. The lowest BCUT2D eigenvalue weighted by atomic mass is 10.2. The van der Waals surface area contributed by atoms with Gasteiger partial charge in [0.2, 0.25) is 0 Å². The SMILES string of the molecule is N/N=C(\C=NC1CSCC1O)C(=O)NCc1nnc(-c2ccccc2)s1. The molecule has 0 saturated carbocycles. The molecule has 1 aromatic carbocycles. The predicted molar refractivity (Wildman–Crippen MR) is 104 cm³/mol. The van der Waals surface area contributed by atoms with E-state index in [1.165, 1.54) is 17.6 Å². The molecule has 0 spiro atoms. The number of nitrogens with zero attached hydrogens (tertiary/aromatic N) is 4. The van der Waals surface area contributed by atoms with Crippen LogP contribution in [0.3, 0.4) is 0 Å². The second kappa shape index (κ2) is 8.88. The molecular weight excluding hydrogens is 372 g/mol. The summed E-state index contributed by atoms with van der Waals surface area (Å²) in [5.41, 5.74) is 0.980. The highest BCUT2D eigenvalue weighted by Crippen LogP contribution is 2.23. The molecule has 0 bridgehead atoms. The van der Waals surface area contributed by atoms with E-state index in [-0.39, 0.29) is 18.3 Å². The number of amides is 1. The maximum absolute atomic E-state index is 12.2. The molecule has 10 heteroatoms. The number of rotatable bonds is 6. The monoisotopic (exact) mass is 390 g/mol. The number of aliphatic hydroxyl groups is 1. The van der Waals surface area contributed by atoms with E-state index >= 15 is 0 Å². The van der Waals surface area contributed by atoms with Gasteiger partial charge in [0.05, 0.1) is 24.9 Å². The Balaban J connectivity index is 1.56. The Morgan fingerprint density at radius 1 is 1.35 bits per heavy atom. The van der Waals surface area contributed by atoms with Crippen molar-refractivity contribution in [2.45, 2.75) is 18.7 Å². The van der Waals surface area contributed by atoms with Crippen molar-refractivity contribution in [3.63, 3.8) is 0 Å². The molecule has 1 aliphatic rings. The zero-order chi connectivity index (χ0) is 18.4. The predicted octanol–water partition coefficient (Wildman–Crippen LogP) is 0.683. The molecular formula is C16H18N6O2S2. The van der Waals surface area contributed by atoms with Crippen molar-refractivity contribution < 1.29 is 9.90 Å². The zero-order valence-electron chi connectivity index (χ0n) is 13.8. The molecule has 1 amide bonds. The van der Waals surface area contributed by atoms with Gasteiger partial charge in [0, 0.05) is 17.1 Å². The molecule has 2 heterocycles. The molecule has 3 rings (SSSR count). The molecule has 0 radical (unpaired) electrons. The molecule has 1 fully saturated rings.